The van der Waals surface area contributed by atoms with Gasteiger partial charge in [-0.15, -0.1) is 0 Å². The number of carbonyl (C=O) groups is 1. The van der Waals surface area contributed by atoms with E-state index >= 15 is 0 Å². The minimum absolute atomic E-state index is 0.177. The number of benzene rings is 2. The highest BCUT2D eigenvalue weighted by Gasteiger charge is 2.15. The second kappa shape index (κ2) is 7.94. The Hall–Kier alpha value is -3.63. The predicted octanol–water partition coefficient (Wildman–Crippen LogP) is 4.02. The van der Waals surface area contributed by atoms with Crippen LogP contribution in [0.1, 0.15) is 5.56 Å². The molecular weight excluding hydrogens is 370 g/mol. The molecule has 1 N–H and O–H groups in total. The number of fused-ring (bicyclic) bond motifs is 1. The van der Waals surface area contributed by atoms with Crippen LogP contribution in [0.4, 0.5) is 5.82 Å². The van der Waals surface area contributed by atoms with Gasteiger partial charge in [0.2, 0.25) is 5.91 Å². The smallest absolute Gasteiger partial charge is 0.235 e. The quantitative estimate of drug-likeness (QED) is 0.525. The van der Waals surface area contributed by atoms with Crippen LogP contribution in [0.3, 0.4) is 0 Å². The summed E-state index contributed by atoms with van der Waals surface area (Å²) in [6.45, 7) is 0. The number of nitriles is 1. The second-order valence-corrected chi connectivity index (χ2v) is 6.94. The van der Waals surface area contributed by atoms with Crippen LogP contribution < -0.4 is 5.32 Å². The fourth-order valence-corrected chi connectivity index (χ4v) is 3.43. The number of thioether (sulfide) groups is 1. The molecule has 0 spiro atoms. The summed E-state index contributed by atoms with van der Waals surface area (Å²) < 4.78 is 1.55. The first kappa shape index (κ1) is 17.8. The zero-order valence-electron chi connectivity index (χ0n) is 14.7. The van der Waals surface area contributed by atoms with E-state index in [1.54, 1.807) is 4.68 Å². The lowest BCUT2D eigenvalue weighted by atomic mass is 10.2. The van der Waals surface area contributed by atoms with Crippen molar-refractivity contribution < 1.29 is 4.79 Å². The van der Waals surface area contributed by atoms with Crippen LogP contribution in [0.5, 0.6) is 0 Å². The van der Waals surface area contributed by atoms with Crippen LogP contribution in [-0.4, -0.2) is 26.4 Å². The number of hydrogen-bond donors (Lipinski definition) is 1. The van der Waals surface area contributed by atoms with Gasteiger partial charge in [0.05, 0.1) is 28.2 Å². The highest BCUT2D eigenvalue weighted by molar-refractivity contribution is 7.99. The van der Waals surface area contributed by atoms with E-state index in [4.69, 9.17) is 0 Å². The molecule has 0 radical (unpaired) electrons. The Morgan fingerprint density at radius 1 is 1.07 bits per heavy atom. The highest BCUT2D eigenvalue weighted by atomic mass is 32.2. The second-order valence-electron chi connectivity index (χ2n) is 5.95. The van der Waals surface area contributed by atoms with Gasteiger partial charge in [-0.25, -0.2) is 9.67 Å². The van der Waals surface area contributed by atoms with Gasteiger partial charge in [-0.3, -0.25) is 4.79 Å². The van der Waals surface area contributed by atoms with Crippen LogP contribution in [0, 0.1) is 11.3 Å². The van der Waals surface area contributed by atoms with Gasteiger partial charge in [0.1, 0.15) is 11.6 Å². The Morgan fingerprint density at radius 3 is 2.68 bits per heavy atom. The minimum atomic E-state index is -0.228. The van der Waals surface area contributed by atoms with Crippen LogP contribution in [0.25, 0.3) is 16.6 Å². The third-order valence-corrected chi connectivity index (χ3v) is 5.00. The zero-order chi connectivity index (χ0) is 19.3. The average Bonchev–Trinajstić information content (AvgIpc) is 3.15. The Bertz CT molecular complexity index is 1180. The molecule has 28 heavy (non-hydrogen) atoms. The lowest BCUT2D eigenvalue weighted by Gasteiger charge is -2.09. The number of pyridine rings is 1. The molecule has 0 aliphatic rings. The van der Waals surface area contributed by atoms with E-state index in [1.807, 2.05) is 66.7 Å². The van der Waals surface area contributed by atoms with Crippen LogP contribution in [0.2, 0.25) is 0 Å². The first-order valence-electron chi connectivity index (χ1n) is 8.56. The number of nitrogens with one attached hydrogen (secondary N) is 1. The van der Waals surface area contributed by atoms with Gasteiger partial charge in [0, 0.05) is 5.39 Å². The Balaban J connectivity index is 1.49. The highest BCUT2D eigenvalue weighted by Crippen LogP contribution is 2.22. The molecular formula is C21H15N5OS. The van der Waals surface area contributed by atoms with Gasteiger partial charge in [-0.05, 0) is 24.3 Å². The van der Waals surface area contributed by atoms with Crippen molar-refractivity contribution in [2.75, 3.05) is 11.1 Å². The van der Waals surface area contributed by atoms with Crippen molar-refractivity contribution in [1.29, 1.82) is 5.26 Å². The van der Waals surface area contributed by atoms with Crippen molar-refractivity contribution in [2.24, 2.45) is 0 Å². The Morgan fingerprint density at radius 2 is 1.86 bits per heavy atom. The predicted molar refractivity (Wildman–Crippen MR) is 109 cm³/mol. The summed E-state index contributed by atoms with van der Waals surface area (Å²) in [6, 6.07) is 23.1. The number of anilines is 1. The third-order valence-electron chi connectivity index (χ3n) is 4.07. The van der Waals surface area contributed by atoms with Crippen molar-refractivity contribution in [3.63, 3.8) is 0 Å². The van der Waals surface area contributed by atoms with E-state index in [2.05, 4.69) is 21.5 Å². The SMILES string of the molecule is N#Cc1cnn(-c2ccccc2)c1NC(=O)CSc1ccc2ccccc2n1. The number of nitrogens with zero attached hydrogens (tertiary/aromatic N) is 4. The summed E-state index contributed by atoms with van der Waals surface area (Å²) in [5, 5.41) is 18.2. The number of rotatable bonds is 5. The monoisotopic (exact) mass is 385 g/mol. The molecule has 0 unspecified atom stereocenters. The first-order valence-corrected chi connectivity index (χ1v) is 9.55. The average molecular weight is 385 g/mol. The topological polar surface area (TPSA) is 83.6 Å². The Labute approximate surface area is 165 Å². The van der Waals surface area contributed by atoms with Crippen LogP contribution in [0.15, 0.2) is 78.0 Å². The lowest BCUT2D eigenvalue weighted by molar-refractivity contribution is -0.113. The summed E-state index contributed by atoms with van der Waals surface area (Å²) in [5.41, 5.74) is 1.97. The van der Waals surface area contributed by atoms with Gasteiger partial charge in [-0.1, -0.05) is 54.2 Å². The van der Waals surface area contributed by atoms with E-state index in [1.165, 1.54) is 18.0 Å². The molecule has 6 nitrogen and oxygen atoms in total. The molecule has 2 heterocycles. The van der Waals surface area contributed by atoms with Gasteiger partial charge in [-0.2, -0.15) is 10.4 Å². The van der Waals surface area contributed by atoms with Gasteiger partial charge in [0.15, 0.2) is 5.82 Å². The maximum Gasteiger partial charge on any atom is 0.235 e. The molecule has 0 atom stereocenters. The maximum atomic E-state index is 12.5. The number of para-hydroxylation sites is 2. The number of carbonyl (C=O) groups excluding carboxylic acids is 1. The van der Waals surface area contributed by atoms with Crippen molar-refractivity contribution in [2.45, 2.75) is 5.03 Å². The van der Waals surface area contributed by atoms with E-state index in [9.17, 15) is 10.1 Å². The van der Waals surface area contributed by atoms with Crippen molar-refractivity contribution in [3.05, 3.63) is 78.5 Å². The summed E-state index contributed by atoms with van der Waals surface area (Å²) in [5.74, 6) is 0.316. The molecule has 1 amide bonds. The van der Waals surface area contributed by atoms with E-state index in [-0.39, 0.29) is 11.7 Å². The van der Waals surface area contributed by atoms with Gasteiger partial charge >= 0.3 is 0 Å². The standard InChI is InChI=1S/C21H15N5OS/c22-12-16-13-23-26(17-7-2-1-3-8-17)21(16)25-19(27)14-28-20-11-10-15-6-4-5-9-18(15)24-20/h1-11,13H,14H2,(H,25,27). The minimum Gasteiger partial charge on any atom is -0.309 e. The van der Waals surface area contributed by atoms with E-state index in [0.29, 0.717) is 11.4 Å². The molecule has 0 bridgehead atoms. The number of amides is 1. The van der Waals surface area contributed by atoms with Crippen molar-refractivity contribution in [3.8, 4) is 11.8 Å². The summed E-state index contributed by atoms with van der Waals surface area (Å²) in [7, 11) is 0. The largest absolute Gasteiger partial charge is 0.309 e. The van der Waals surface area contributed by atoms with Crippen molar-refractivity contribution in [1.82, 2.24) is 14.8 Å². The number of aromatic nitrogens is 3. The normalized spacial score (nSPS) is 10.5. The number of hydrogen-bond acceptors (Lipinski definition) is 5. The van der Waals surface area contributed by atoms with E-state index in [0.717, 1.165) is 21.6 Å². The fraction of sp³-hybridized carbons (Fsp3) is 0.0476. The van der Waals surface area contributed by atoms with Gasteiger partial charge in [0.25, 0.3) is 0 Å². The van der Waals surface area contributed by atoms with Gasteiger partial charge < -0.3 is 5.32 Å². The molecule has 4 rings (SSSR count). The zero-order valence-corrected chi connectivity index (χ0v) is 15.6. The Kier molecular flexibility index (Phi) is 5.04. The fourth-order valence-electron chi connectivity index (χ4n) is 2.75. The molecule has 2 aromatic carbocycles. The summed E-state index contributed by atoms with van der Waals surface area (Å²) >= 11 is 1.34. The first-order chi connectivity index (χ1) is 13.7. The van der Waals surface area contributed by atoms with Crippen LogP contribution >= 0.6 is 11.8 Å². The molecule has 0 fully saturated rings. The summed E-state index contributed by atoms with van der Waals surface area (Å²) in [4.78, 5) is 17.0. The molecule has 0 saturated heterocycles. The molecule has 4 aromatic rings. The van der Waals surface area contributed by atoms with Crippen molar-refractivity contribution >= 4 is 34.4 Å². The van der Waals surface area contributed by atoms with E-state index < -0.39 is 0 Å². The molecule has 7 heteroatoms. The molecule has 0 aliphatic carbocycles. The van der Waals surface area contributed by atoms with Crippen LogP contribution in [-0.2, 0) is 4.79 Å². The lowest BCUT2D eigenvalue weighted by Crippen LogP contribution is -2.17. The summed E-state index contributed by atoms with van der Waals surface area (Å²) in [6.07, 6.45) is 1.45. The molecule has 0 aliphatic heterocycles. The molecule has 2 aromatic heterocycles. The molecule has 136 valence electrons. The third kappa shape index (κ3) is 3.72. The molecule has 0 saturated carbocycles. The maximum absolute atomic E-state index is 12.5.